The Bertz CT molecular complexity index is 872. The molecule has 0 saturated carbocycles. The summed E-state index contributed by atoms with van der Waals surface area (Å²) < 4.78 is 15.4. The summed E-state index contributed by atoms with van der Waals surface area (Å²) in [6.45, 7) is 4.07. The van der Waals surface area contributed by atoms with Crippen LogP contribution < -0.4 is 5.32 Å². The van der Waals surface area contributed by atoms with E-state index in [0.29, 0.717) is 17.7 Å². The zero-order chi connectivity index (χ0) is 17.1. The van der Waals surface area contributed by atoms with Crippen LogP contribution in [0, 0.1) is 5.82 Å². The highest BCUT2D eigenvalue weighted by Gasteiger charge is 2.10. The van der Waals surface area contributed by atoms with Crippen LogP contribution in [0.1, 0.15) is 31.9 Å². The van der Waals surface area contributed by atoms with Gasteiger partial charge in [0.05, 0.1) is 18.1 Å². The van der Waals surface area contributed by atoms with Crippen LogP contribution >= 0.6 is 0 Å². The van der Waals surface area contributed by atoms with Crippen molar-refractivity contribution in [1.82, 2.24) is 14.8 Å². The molecule has 2 heterocycles. The molecule has 0 radical (unpaired) electrons. The zero-order valence-electron chi connectivity index (χ0n) is 13.7. The van der Waals surface area contributed by atoms with Gasteiger partial charge in [0.15, 0.2) is 5.65 Å². The van der Waals surface area contributed by atoms with Crippen LogP contribution in [0.4, 0.5) is 10.1 Å². The number of fused-ring (bicyclic) bond motifs is 1. The van der Waals surface area contributed by atoms with E-state index in [1.807, 2.05) is 24.6 Å². The van der Waals surface area contributed by atoms with Crippen LogP contribution in [0.3, 0.4) is 0 Å². The number of aromatic nitrogens is 3. The number of aryl methyl sites for hydroxylation is 1. The summed E-state index contributed by atoms with van der Waals surface area (Å²) in [7, 11) is 0. The van der Waals surface area contributed by atoms with Crippen LogP contribution in [-0.2, 0) is 11.2 Å². The number of anilines is 1. The van der Waals surface area contributed by atoms with Gasteiger partial charge in [-0.05, 0) is 38.0 Å². The lowest BCUT2D eigenvalue weighted by Crippen LogP contribution is -2.13. The van der Waals surface area contributed by atoms with Gasteiger partial charge in [0, 0.05) is 17.8 Å². The summed E-state index contributed by atoms with van der Waals surface area (Å²) in [5.74, 6) is -0.454. The van der Waals surface area contributed by atoms with Crippen molar-refractivity contribution in [3.63, 3.8) is 0 Å². The smallest absolute Gasteiger partial charge is 0.224 e. The minimum Gasteiger partial charge on any atom is -0.325 e. The molecule has 2 aromatic heterocycles. The average molecular weight is 326 g/mol. The summed E-state index contributed by atoms with van der Waals surface area (Å²) in [4.78, 5) is 16.4. The summed E-state index contributed by atoms with van der Waals surface area (Å²) in [6.07, 6.45) is 3.92. The van der Waals surface area contributed by atoms with Crippen molar-refractivity contribution in [1.29, 1.82) is 0 Å². The maximum Gasteiger partial charge on any atom is 0.224 e. The Morgan fingerprint density at radius 1 is 1.29 bits per heavy atom. The molecule has 1 aromatic carbocycles. The van der Waals surface area contributed by atoms with Crippen LogP contribution in [0.15, 0.2) is 42.7 Å². The zero-order valence-corrected chi connectivity index (χ0v) is 13.7. The largest absolute Gasteiger partial charge is 0.325 e. The first-order chi connectivity index (χ1) is 11.5. The fraction of sp³-hybridized carbons (Fsp3) is 0.278. The number of rotatable bonds is 5. The number of pyridine rings is 1. The van der Waals surface area contributed by atoms with E-state index in [-0.39, 0.29) is 24.2 Å². The van der Waals surface area contributed by atoms with Crippen molar-refractivity contribution < 1.29 is 9.18 Å². The van der Waals surface area contributed by atoms with Crippen LogP contribution in [0.2, 0.25) is 0 Å². The van der Waals surface area contributed by atoms with E-state index in [0.717, 1.165) is 11.0 Å². The predicted molar refractivity (Wildman–Crippen MR) is 91.3 cm³/mol. The predicted octanol–water partition coefficient (Wildman–Crippen LogP) is 3.72. The number of carbonyl (C=O) groups excluding carboxylic acids is 1. The highest BCUT2D eigenvalue weighted by atomic mass is 19.1. The molecule has 0 aliphatic heterocycles. The molecule has 124 valence electrons. The Morgan fingerprint density at radius 2 is 2.08 bits per heavy atom. The Kier molecular flexibility index (Phi) is 4.55. The van der Waals surface area contributed by atoms with Gasteiger partial charge in [0.2, 0.25) is 5.91 Å². The third kappa shape index (κ3) is 3.42. The van der Waals surface area contributed by atoms with Gasteiger partial charge in [0.25, 0.3) is 0 Å². The van der Waals surface area contributed by atoms with Crippen molar-refractivity contribution in [2.75, 3.05) is 5.32 Å². The normalized spacial score (nSPS) is 11.2. The fourth-order valence-corrected chi connectivity index (χ4v) is 2.56. The first kappa shape index (κ1) is 16.1. The van der Waals surface area contributed by atoms with Gasteiger partial charge in [-0.3, -0.25) is 4.79 Å². The maximum atomic E-state index is 13.6. The van der Waals surface area contributed by atoms with Crippen molar-refractivity contribution in [3.05, 3.63) is 54.1 Å². The molecule has 5 nitrogen and oxygen atoms in total. The summed E-state index contributed by atoms with van der Waals surface area (Å²) >= 11 is 0. The quantitative estimate of drug-likeness (QED) is 0.777. The molecule has 3 aromatic rings. The number of nitrogens with one attached hydrogen (secondary N) is 1. The molecule has 24 heavy (non-hydrogen) atoms. The molecule has 0 fully saturated rings. The minimum atomic E-state index is -0.283. The van der Waals surface area contributed by atoms with E-state index in [1.165, 1.54) is 6.07 Å². The number of amides is 1. The Labute approximate surface area is 139 Å². The SMILES string of the molecule is CC(C)n1ncc2cc(NC(=O)CCc3ccccc3F)cnc21. The number of nitrogens with zero attached hydrogens (tertiary/aromatic N) is 3. The number of halogens is 1. The molecule has 0 spiro atoms. The monoisotopic (exact) mass is 326 g/mol. The second kappa shape index (κ2) is 6.78. The van der Waals surface area contributed by atoms with Gasteiger partial charge in [-0.2, -0.15) is 5.10 Å². The third-order valence-electron chi connectivity index (χ3n) is 3.79. The van der Waals surface area contributed by atoms with Gasteiger partial charge >= 0.3 is 0 Å². The fourth-order valence-electron chi connectivity index (χ4n) is 2.56. The van der Waals surface area contributed by atoms with E-state index in [1.54, 1.807) is 30.6 Å². The van der Waals surface area contributed by atoms with Gasteiger partial charge in [-0.15, -0.1) is 0 Å². The van der Waals surface area contributed by atoms with Crippen molar-refractivity contribution in [3.8, 4) is 0 Å². The highest BCUT2D eigenvalue weighted by molar-refractivity contribution is 5.92. The third-order valence-corrected chi connectivity index (χ3v) is 3.79. The van der Waals surface area contributed by atoms with E-state index < -0.39 is 0 Å². The van der Waals surface area contributed by atoms with Crippen LogP contribution in [0.25, 0.3) is 11.0 Å². The van der Waals surface area contributed by atoms with E-state index >= 15 is 0 Å². The first-order valence-electron chi connectivity index (χ1n) is 7.91. The molecule has 6 heteroatoms. The van der Waals surface area contributed by atoms with Crippen molar-refractivity contribution in [2.24, 2.45) is 0 Å². The Morgan fingerprint density at radius 3 is 2.83 bits per heavy atom. The van der Waals surface area contributed by atoms with Crippen molar-refractivity contribution in [2.45, 2.75) is 32.7 Å². The van der Waals surface area contributed by atoms with E-state index in [4.69, 9.17) is 0 Å². The summed E-state index contributed by atoms with van der Waals surface area (Å²) in [6, 6.07) is 8.55. The second-order valence-electron chi connectivity index (χ2n) is 5.96. The Hall–Kier alpha value is -2.76. The van der Waals surface area contributed by atoms with Crippen LogP contribution in [0.5, 0.6) is 0 Å². The highest BCUT2D eigenvalue weighted by Crippen LogP contribution is 2.19. The topological polar surface area (TPSA) is 59.8 Å². The molecule has 1 N–H and O–H groups in total. The number of hydrogen-bond acceptors (Lipinski definition) is 3. The van der Waals surface area contributed by atoms with E-state index in [2.05, 4.69) is 15.4 Å². The standard InChI is InChI=1S/C18H19FN4O/c1-12(2)23-18-14(10-21-23)9-15(11-20-18)22-17(24)8-7-13-5-3-4-6-16(13)19/h3-6,9-12H,7-8H2,1-2H3,(H,22,24). The van der Waals surface area contributed by atoms with Gasteiger partial charge in [-0.1, -0.05) is 18.2 Å². The van der Waals surface area contributed by atoms with Gasteiger partial charge in [-0.25, -0.2) is 14.1 Å². The molecule has 0 unspecified atom stereocenters. The van der Waals surface area contributed by atoms with Crippen LogP contribution in [-0.4, -0.2) is 20.7 Å². The molecular formula is C18H19FN4O. The summed E-state index contributed by atoms with van der Waals surface area (Å²) in [5.41, 5.74) is 1.94. The molecule has 0 aliphatic carbocycles. The van der Waals surface area contributed by atoms with Crippen molar-refractivity contribution >= 4 is 22.6 Å². The number of carbonyl (C=O) groups is 1. The lowest BCUT2D eigenvalue weighted by Gasteiger charge is -2.08. The maximum absolute atomic E-state index is 13.6. The molecule has 0 bridgehead atoms. The average Bonchev–Trinajstić information content (AvgIpc) is 2.97. The molecule has 0 atom stereocenters. The lowest BCUT2D eigenvalue weighted by molar-refractivity contribution is -0.116. The molecular weight excluding hydrogens is 307 g/mol. The van der Waals surface area contributed by atoms with E-state index in [9.17, 15) is 9.18 Å². The molecule has 3 rings (SSSR count). The summed E-state index contributed by atoms with van der Waals surface area (Å²) in [5, 5.41) is 7.97. The minimum absolute atomic E-state index is 0.171. The number of benzene rings is 1. The molecule has 0 saturated heterocycles. The lowest BCUT2D eigenvalue weighted by atomic mass is 10.1. The van der Waals surface area contributed by atoms with Gasteiger partial charge < -0.3 is 5.32 Å². The first-order valence-corrected chi connectivity index (χ1v) is 7.91. The second-order valence-corrected chi connectivity index (χ2v) is 5.96. The molecule has 1 amide bonds. The van der Waals surface area contributed by atoms with Gasteiger partial charge in [0.1, 0.15) is 5.82 Å². The Balaban J connectivity index is 1.66. The number of hydrogen-bond donors (Lipinski definition) is 1. The molecule has 0 aliphatic rings.